The van der Waals surface area contributed by atoms with Gasteiger partial charge in [-0.3, -0.25) is 9.69 Å². The minimum absolute atomic E-state index is 0.166. The summed E-state index contributed by atoms with van der Waals surface area (Å²) < 4.78 is 0. The molecule has 1 saturated carbocycles. The highest BCUT2D eigenvalue weighted by molar-refractivity contribution is 5.79. The Morgan fingerprint density at radius 3 is 2.65 bits per heavy atom. The Bertz CT molecular complexity index is 505. The van der Waals surface area contributed by atoms with Crippen molar-refractivity contribution < 1.29 is 4.79 Å². The molecular formula is C19H29N3O. The van der Waals surface area contributed by atoms with Crippen molar-refractivity contribution >= 4 is 5.91 Å². The quantitative estimate of drug-likeness (QED) is 0.930. The topological polar surface area (TPSA) is 49.6 Å². The van der Waals surface area contributed by atoms with Crippen LogP contribution in [0.15, 0.2) is 30.3 Å². The fourth-order valence-corrected chi connectivity index (χ4v) is 3.90. The van der Waals surface area contributed by atoms with Gasteiger partial charge < -0.3 is 10.6 Å². The van der Waals surface area contributed by atoms with E-state index >= 15 is 0 Å². The molecule has 2 atom stereocenters. The van der Waals surface area contributed by atoms with E-state index in [0.717, 1.165) is 64.8 Å². The first-order valence-corrected chi connectivity index (χ1v) is 9.03. The highest BCUT2D eigenvalue weighted by Gasteiger charge is 2.29. The van der Waals surface area contributed by atoms with Gasteiger partial charge in [0.2, 0.25) is 5.91 Å². The lowest BCUT2D eigenvalue weighted by Crippen LogP contribution is -2.42. The summed E-state index contributed by atoms with van der Waals surface area (Å²) in [5.41, 5.74) is 7.40. The second-order valence-corrected chi connectivity index (χ2v) is 7.06. The van der Waals surface area contributed by atoms with E-state index in [1.165, 1.54) is 5.56 Å². The molecular weight excluding hydrogens is 286 g/mol. The Hall–Kier alpha value is -1.39. The van der Waals surface area contributed by atoms with Crippen LogP contribution >= 0.6 is 0 Å². The van der Waals surface area contributed by atoms with Gasteiger partial charge in [0.05, 0.1) is 0 Å². The number of amides is 1. The van der Waals surface area contributed by atoms with Gasteiger partial charge >= 0.3 is 0 Å². The lowest BCUT2D eigenvalue weighted by Gasteiger charge is -2.31. The molecule has 1 saturated heterocycles. The number of hydrogen-bond donors (Lipinski definition) is 1. The van der Waals surface area contributed by atoms with Gasteiger partial charge in [-0.15, -0.1) is 0 Å². The normalized spacial score (nSPS) is 26.7. The molecule has 2 N–H and O–H groups in total. The Morgan fingerprint density at radius 1 is 1.04 bits per heavy atom. The Kier molecular flexibility index (Phi) is 5.68. The number of nitrogens with two attached hydrogens (primary N) is 1. The molecule has 1 aliphatic heterocycles. The predicted molar refractivity (Wildman–Crippen MR) is 92.8 cm³/mol. The van der Waals surface area contributed by atoms with Crippen LogP contribution in [0.25, 0.3) is 0 Å². The predicted octanol–water partition coefficient (Wildman–Crippen LogP) is 2.24. The van der Waals surface area contributed by atoms with Gasteiger partial charge in [0.25, 0.3) is 0 Å². The van der Waals surface area contributed by atoms with E-state index in [2.05, 4.69) is 40.1 Å². The summed E-state index contributed by atoms with van der Waals surface area (Å²) in [5.74, 6) is 0.515. The molecule has 4 nitrogen and oxygen atoms in total. The first kappa shape index (κ1) is 16.5. The molecule has 3 rings (SSSR count). The van der Waals surface area contributed by atoms with Crippen LogP contribution < -0.4 is 5.73 Å². The molecule has 0 radical (unpaired) electrons. The maximum absolute atomic E-state index is 12.8. The summed E-state index contributed by atoms with van der Waals surface area (Å²) in [5, 5.41) is 0. The summed E-state index contributed by atoms with van der Waals surface area (Å²) in [7, 11) is 0. The van der Waals surface area contributed by atoms with Crippen molar-refractivity contribution in [3.05, 3.63) is 35.9 Å². The smallest absolute Gasteiger partial charge is 0.225 e. The standard InChI is InChI=1S/C19H29N3O/c20-18-9-4-8-17(14-18)19(23)22-11-5-10-21(12-13-22)15-16-6-2-1-3-7-16/h1-3,6-7,17-18H,4-5,8-15,20H2. The van der Waals surface area contributed by atoms with Gasteiger partial charge in [-0.2, -0.15) is 0 Å². The molecule has 1 aromatic carbocycles. The van der Waals surface area contributed by atoms with E-state index in [0.29, 0.717) is 5.91 Å². The number of nitrogens with zero attached hydrogens (tertiary/aromatic N) is 2. The van der Waals surface area contributed by atoms with Crippen LogP contribution in [-0.4, -0.2) is 47.9 Å². The van der Waals surface area contributed by atoms with E-state index in [-0.39, 0.29) is 12.0 Å². The Morgan fingerprint density at radius 2 is 1.87 bits per heavy atom. The Balaban J connectivity index is 1.52. The van der Waals surface area contributed by atoms with Crippen molar-refractivity contribution in [3.8, 4) is 0 Å². The SMILES string of the molecule is NC1CCCC(C(=O)N2CCCN(Cc3ccccc3)CC2)C1. The summed E-state index contributed by atoms with van der Waals surface area (Å²) in [6.45, 7) is 4.78. The molecule has 1 amide bonds. The van der Waals surface area contributed by atoms with Crippen molar-refractivity contribution in [1.82, 2.24) is 9.80 Å². The lowest BCUT2D eigenvalue weighted by molar-refractivity contribution is -0.136. The summed E-state index contributed by atoms with van der Waals surface area (Å²) in [6.07, 6.45) is 5.15. The van der Waals surface area contributed by atoms with E-state index < -0.39 is 0 Å². The number of rotatable bonds is 3. The van der Waals surface area contributed by atoms with E-state index in [1.807, 2.05) is 0 Å². The third kappa shape index (κ3) is 4.55. The van der Waals surface area contributed by atoms with E-state index in [1.54, 1.807) is 0 Å². The van der Waals surface area contributed by atoms with Gasteiger partial charge in [0.1, 0.15) is 0 Å². The van der Waals surface area contributed by atoms with E-state index in [9.17, 15) is 4.79 Å². The maximum atomic E-state index is 12.8. The van der Waals surface area contributed by atoms with Crippen LogP contribution in [0.1, 0.15) is 37.7 Å². The van der Waals surface area contributed by atoms with Gasteiger partial charge in [-0.1, -0.05) is 36.8 Å². The van der Waals surface area contributed by atoms with Gasteiger partial charge in [-0.25, -0.2) is 0 Å². The molecule has 4 heteroatoms. The minimum atomic E-state index is 0.166. The number of hydrogen-bond acceptors (Lipinski definition) is 3. The second-order valence-electron chi connectivity index (χ2n) is 7.06. The van der Waals surface area contributed by atoms with Crippen molar-refractivity contribution in [2.75, 3.05) is 26.2 Å². The fraction of sp³-hybridized carbons (Fsp3) is 0.632. The first-order valence-electron chi connectivity index (χ1n) is 9.03. The van der Waals surface area contributed by atoms with Crippen molar-refractivity contribution in [2.45, 2.75) is 44.7 Å². The molecule has 23 heavy (non-hydrogen) atoms. The summed E-state index contributed by atoms with van der Waals surface area (Å²) >= 11 is 0. The Labute approximate surface area is 139 Å². The van der Waals surface area contributed by atoms with Crippen LogP contribution in [0.4, 0.5) is 0 Å². The molecule has 1 heterocycles. The minimum Gasteiger partial charge on any atom is -0.341 e. The largest absolute Gasteiger partial charge is 0.341 e. The average molecular weight is 315 g/mol. The lowest BCUT2D eigenvalue weighted by atomic mass is 9.85. The summed E-state index contributed by atoms with van der Waals surface area (Å²) in [4.78, 5) is 17.3. The molecule has 0 bridgehead atoms. The maximum Gasteiger partial charge on any atom is 0.225 e. The zero-order valence-electron chi connectivity index (χ0n) is 14.0. The van der Waals surface area contributed by atoms with Crippen LogP contribution in [0.3, 0.4) is 0 Å². The van der Waals surface area contributed by atoms with Crippen LogP contribution in [0, 0.1) is 5.92 Å². The zero-order valence-corrected chi connectivity index (χ0v) is 14.0. The molecule has 2 fully saturated rings. The van der Waals surface area contributed by atoms with Crippen molar-refractivity contribution in [1.29, 1.82) is 0 Å². The first-order chi connectivity index (χ1) is 11.2. The molecule has 1 aromatic rings. The van der Waals surface area contributed by atoms with Gasteiger partial charge in [0, 0.05) is 44.7 Å². The molecule has 0 spiro atoms. The highest BCUT2D eigenvalue weighted by Crippen LogP contribution is 2.25. The third-order valence-corrected chi connectivity index (χ3v) is 5.21. The van der Waals surface area contributed by atoms with Gasteiger partial charge in [-0.05, 0) is 31.2 Å². The van der Waals surface area contributed by atoms with E-state index in [4.69, 9.17) is 5.73 Å². The zero-order chi connectivity index (χ0) is 16.1. The van der Waals surface area contributed by atoms with Crippen LogP contribution in [0.2, 0.25) is 0 Å². The number of carbonyl (C=O) groups is 1. The number of carbonyl (C=O) groups excluding carboxylic acids is 1. The monoisotopic (exact) mass is 315 g/mol. The molecule has 2 aliphatic rings. The van der Waals surface area contributed by atoms with Crippen LogP contribution in [-0.2, 0) is 11.3 Å². The highest BCUT2D eigenvalue weighted by atomic mass is 16.2. The van der Waals surface area contributed by atoms with Crippen molar-refractivity contribution in [3.63, 3.8) is 0 Å². The third-order valence-electron chi connectivity index (χ3n) is 5.21. The average Bonchev–Trinajstić information content (AvgIpc) is 2.81. The second kappa shape index (κ2) is 7.93. The molecule has 126 valence electrons. The molecule has 0 aromatic heterocycles. The molecule has 1 aliphatic carbocycles. The summed E-state index contributed by atoms with van der Waals surface area (Å²) in [6, 6.07) is 10.8. The van der Waals surface area contributed by atoms with Crippen LogP contribution in [0.5, 0.6) is 0 Å². The fourth-order valence-electron chi connectivity index (χ4n) is 3.90. The number of benzene rings is 1. The van der Waals surface area contributed by atoms with Crippen molar-refractivity contribution in [2.24, 2.45) is 11.7 Å². The van der Waals surface area contributed by atoms with Gasteiger partial charge in [0.15, 0.2) is 0 Å². The molecule has 2 unspecified atom stereocenters.